The third kappa shape index (κ3) is 3.31. The van der Waals surface area contributed by atoms with Crippen molar-refractivity contribution < 1.29 is 18.1 Å². The van der Waals surface area contributed by atoms with E-state index in [0.29, 0.717) is 25.3 Å². The number of rotatable bonds is 4. The summed E-state index contributed by atoms with van der Waals surface area (Å²) < 4.78 is 29.6. The van der Waals surface area contributed by atoms with E-state index in [1.165, 1.54) is 13.1 Å². The molecule has 9 heteroatoms. The molecule has 0 aromatic heterocycles. The molecule has 1 heterocycles. The number of nitrogens with one attached hydrogen (secondary N) is 1. The molecule has 8 nitrogen and oxygen atoms in total. The molecule has 0 amide bonds. The van der Waals surface area contributed by atoms with Crippen LogP contribution in [0.4, 0.5) is 11.4 Å². The molecule has 0 spiro atoms. The molecule has 1 fully saturated rings. The monoisotopic (exact) mass is 315 g/mol. The molecule has 1 aromatic rings. The van der Waals surface area contributed by atoms with Gasteiger partial charge in [-0.05, 0) is 6.07 Å². The molecule has 0 saturated carbocycles. The molecular formula is C12H17N3O5S. The molecule has 2 rings (SSSR count). The van der Waals surface area contributed by atoms with Crippen LogP contribution in [0.3, 0.4) is 0 Å². The molecule has 1 aliphatic rings. The first-order valence-electron chi connectivity index (χ1n) is 6.34. The van der Waals surface area contributed by atoms with E-state index in [2.05, 4.69) is 5.32 Å². The molecule has 0 bridgehead atoms. The molecule has 1 N–H and O–H groups in total. The number of hydrogen-bond acceptors (Lipinski definition) is 6. The van der Waals surface area contributed by atoms with E-state index in [4.69, 9.17) is 4.74 Å². The lowest BCUT2D eigenvalue weighted by Crippen LogP contribution is -2.35. The minimum Gasteiger partial charge on any atom is -0.378 e. The van der Waals surface area contributed by atoms with Crippen molar-refractivity contribution in [3.8, 4) is 0 Å². The summed E-state index contributed by atoms with van der Waals surface area (Å²) in [6.07, 6.45) is 1.01. The van der Waals surface area contributed by atoms with Gasteiger partial charge in [0.1, 0.15) is 5.69 Å². The van der Waals surface area contributed by atoms with Gasteiger partial charge in [0.25, 0.3) is 5.69 Å². The van der Waals surface area contributed by atoms with Gasteiger partial charge in [-0.25, -0.2) is 8.42 Å². The number of morpholine rings is 1. The smallest absolute Gasteiger partial charge is 0.298 e. The van der Waals surface area contributed by atoms with Crippen LogP contribution >= 0.6 is 0 Å². The van der Waals surface area contributed by atoms with Crippen molar-refractivity contribution in [3.05, 3.63) is 33.9 Å². The van der Waals surface area contributed by atoms with Gasteiger partial charge in [0, 0.05) is 13.6 Å². The highest BCUT2D eigenvalue weighted by Crippen LogP contribution is 2.36. The Kier molecular flexibility index (Phi) is 4.45. The Labute approximate surface area is 122 Å². The van der Waals surface area contributed by atoms with Crippen LogP contribution in [0.5, 0.6) is 0 Å². The number of sulfonamides is 1. The Balaban J connectivity index is 2.54. The van der Waals surface area contributed by atoms with Gasteiger partial charge in [0.2, 0.25) is 10.0 Å². The van der Waals surface area contributed by atoms with Gasteiger partial charge >= 0.3 is 0 Å². The normalized spacial score (nSPS) is 19.2. The predicted molar refractivity (Wildman–Crippen MR) is 77.9 cm³/mol. The zero-order valence-corrected chi connectivity index (χ0v) is 12.6. The van der Waals surface area contributed by atoms with Crippen LogP contribution in [0.1, 0.15) is 11.6 Å². The highest BCUT2D eigenvalue weighted by atomic mass is 32.2. The van der Waals surface area contributed by atoms with E-state index in [9.17, 15) is 18.5 Å². The van der Waals surface area contributed by atoms with E-state index >= 15 is 0 Å². The first kappa shape index (κ1) is 15.7. The summed E-state index contributed by atoms with van der Waals surface area (Å²) in [6.45, 7) is 1.45. The van der Waals surface area contributed by atoms with E-state index in [-0.39, 0.29) is 17.4 Å². The van der Waals surface area contributed by atoms with Gasteiger partial charge in [-0.15, -0.1) is 0 Å². The number of hydrogen-bond donors (Lipinski definition) is 1. The number of ether oxygens (including phenoxy) is 1. The van der Waals surface area contributed by atoms with Crippen LogP contribution in [-0.4, -0.2) is 46.4 Å². The van der Waals surface area contributed by atoms with Crippen molar-refractivity contribution in [1.82, 2.24) is 5.32 Å². The summed E-state index contributed by atoms with van der Waals surface area (Å²) >= 11 is 0. The van der Waals surface area contributed by atoms with Crippen molar-refractivity contribution in [2.45, 2.75) is 6.04 Å². The van der Waals surface area contributed by atoms with Gasteiger partial charge in [0.05, 0.1) is 36.0 Å². The summed E-state index contributed by atoms with van der Waals surface area (Å²) in [4.78, 5) is 10.9. The van der Waals surface area contributed by atoms with Crippen LogP contribution in [0.25, 0.3) is 0 Å². The number of nitro groups is 1. The van der Waals surface area contributed by atoms with Crippen LogP contribution < -0.4 is 9.62 Å². The Hall–Kier alpha value is -1.71. The zero-order valence-electron chi connectivity index (χ0n) is 11.8. The fourth-order valence-corrected chi connectivity index (χ4v) is 2.73. The quantitative estimate of drug-likeness (QED) is 0.646. The first-order valence-corrected chi connectivity index (χ1v) is 8.19. The third-order valence-electron chi connectivity index (χ3n) is 3.36. The van der Waals surface area contributed by atoms with E-state index < -0.39 is 14.9 Å². The fraction of sp³-hybridized carbons (Fsp3) is 0.500. The maximum absolute atomic E-state index is 11.7. The summed E-state index contributed by atoms with van der Waals surface area (Å²) in [7, 11) is -2.28. The topological polar surface area (TPSA) is 102 Å². The molecule has 1 aromatic carbocycles. The highest BCUT2D eigenvalue weighted by molar-refractivity contribution is 7.92. The van der Waals surface area contributed by atoms with Gasteiger partial charge in [0.15, 0.2) is 0 Å². The van der Waals surface area contributed by atoms with Crippen LogP contribution in [0, 0.1) is 10.1 Å². The predicted octanol–water partition coefficient (Wildman–Crippen LogP) is 0.651. The van der Waals surface area contributed by atoms with E-state index in [1.54, 1.807) is 12.1 Å². The van der Waals surface area contributed by atoms with Gasteiger partial charge in [-0.1, -0.05) is 12.1 Å². The SMILES string of the molecule is CN(c1cccc(C2COCCN2)c1[N+](=O)[O-])S(C)(=O)=O. The molecule has 1 aliphatic heterocycles. The number of benzene rings is 1. The third-order valence-corrected chi connectivity index (χ3v) is 4.55. The number of para-hydroxylation sites is 1. The lowest BCUT2D eigenvalue weighted by molar-refractivity contribution is -0.385. The molecule has 1 unspecified atom stereocenters. The first-order chi connectivity index (χ1) is 9.82. The lowest BCUT2D eigenvalue weighted by Gasteiger charge is -2.25. The molecular weight excluding hydrogens is 298 g/mol. The van der Waals surface area contributed by atoms with Gasteiger partial charge in [-0.2, -0.15) is 0 Å². The second-order valence-electron chi connectivity index (χ2n) is 4.78. The highest BCUT2D eigenvalue weighted by Gasteiger charge is 2.30. The lowest BCUT2D eigenvalue weighted by atomic mass is 10.0. The molecule has 21 heavy (non-hydrogen) atoms. The van der Waals surface area contributed by atoms with Gasteiger partial charge < -0.3 is 10.1 Å². The minimum absolute atomic E-state index is 0.0485. The molecule has 0 radical (unpaired) electrons. The molecule has 0 aliphatic carbocycles. The Morgan fingerprint density at radius 2 is 2.19 bits per heavy atom. The summed E-state index contributed by atoms with van der Waals surface area (Å²) in [5, 5.41) is 14.6. The Morgan fingerprint density at radius 1 is 1.48 bits per heavy atom. The number of anilines is 1. The van der Waals surface area contributed by atoms with Crippen molar-refractivity contribution in [2.24, 2.45) is 0 Å². The average Bonchev–Trinajstić information content (AvgIpc) is 2.45. The standard InChI is InChI=1S/C12H17N3O5S/c1-14(21(2,18)19)11-5-3-4-9(12(11)15(16)17)10-8-20-7-6-13-10/h3-5,10,13H,6-8H2,1-2H3. The van der Waals surface area contributed by atoms with Crippen LogP contribution in [0.2, 0.25) is 0 Å². The van der Waals surface area contributed by atoms with Crippen LogP contribution in [-0.2, 0) is 14.8 Å². The molecule has 1 saturated heterocycles. The summed E-state index contributed by atoms with van der Waals surface area (Å²) in [6, 6.07) is 4.32. The zero-order chi connectivity index (χ0) is 15.6. The molecule has 1 atom stereocenters. The van der Waals surface area contributed by atoms with Crippen molar-refractivity contribution in [1.29, 1.82) is 0 Å². The second kappa shape index (κ2) is 5.96. The maximum atomic E-state index is 11.7. The van der Waals surface area contributed by atoms with Gasteiger partial charge in [-0.3, -0.25) is 14.4 Å². The maximum Gasteiger partial charge on any atom is 0.298 e. The van der Waals surface area contributed by atoms with Crippen molar-refractivity contribution in [3.63, 3.8) is 0 Å². The number of nitrogens with zero attached hydrogens (tertiary/aromatic N) is 2. The second-order valence-corrected chi connectivity index (χ2v) is 6.80. The van der Waals surface area contributed by atoms with Crippen molar-refractivity contribution >= 4 is 21.4 Å². The van der Waals surface area contributed by atoms with Crippen LogP contribution in [0.15, 0.2) is 18.2 Å². The van der Waals surface area contributed by atoms with E-state index in [0.717, 1.165) is 10.6 Å². The fourth-order valence-electron chi connectivity index (χ4n) is 2.23. The Morgan fingerprint density at radius 3 is 2.71 bits per heavy atom. The summed E-state index contributed by atoms with van der Waals surface area (Å²) in [5.74, 6) is 0. The largest absolute Gasteiger partial charge is 0.378 e. The van der Waals surface area contributed by atoms with E-state index in [1.807, 2.05) is 0 Å². The molecule has 116 valence electrons. The van der Waals surface area contributed by atoms with Crippen molar-refractivity contribution in [2.75, 3.05) is 37.4 Å². The Bertz CT molecular complexity index is 640. The number of nitro benzene ring substituents is 1. The average molecular weight is 315 g/mol. The summed E-state index contributed by atoms with van der Waals surface area (Å²) in [5.41, 5.74) is 0.258. The minimum atomic E-state index is -3.58.